The lowest BCUT2D eigenvalue weighted by Crippen LogP contribution is -3.00. The number of phenols is 2. The summed E-state index contributed by atoms with van der Waals surface area (Å²) in [7, 11) is 0. The van der Waals surface area contributed by atoms with Crippen molar-refractivity contribution in [2.75, 3.05) is 13.1 Å². The maximum atomic E-state index is 9.47. The number of aromatic hydroxyl groups is 2. The van der Waals surface area contributed by atoms with E-state index in [0.29, 0.717) is 0 Å². The van der Waals surface area contributed by atoms with Crippen LogP contribution in [0, 0.1) is 0 Å². The molecule has 0 bridgehead atoms. The molecule has 6 heteroatoms. The lowest BCUT2D eigenvalue weighted by atomic mass is 10.1. The van der Waals surface area contributed by atoms with Crippen LogP contribution in [0.15, 0.2) is 28.6 Å². The summed E-state index contributed by atoms with van der Waals surface area (Å²) in [5.74, 6) is -0.182. The number of halogens is 1. The van der Waals surface area contributed by atoms with Crippen molar-refractivity contribution in [1.82, 2.24) is 4.90 Å². The lowest BCUT2D eigenvalue weighted by molar-refractivity contribution is -0.00000490. The monoisotopic (exact) mass is 269 g/mol. The smallest absolute Gasteiger partial charge is 0.168 e. The zero-order valence-corrected chi connectivity index (χ0v) is 10.4. The Hall–Kier alpha value is -1.33. The first-order valence-corrected chi connectivity index (χ1v) is 5.85. The largest absolute Gasteiger partial charge is 1.00 e. The quantitative estimate of drug-likeness (QED) is 0.630. The van der Waals surface area contributed by atoms with Gasteiger partial charge in [0.25, 0.3) is 0 Å². The van der Waals surface area contributed by atoms with E-state index in [9.17, 15) is 10.2 Å². The van der Waals surface area contributed by atoms with E-state index in [4.69, 9.17) is 0 Å². The number of rotatable bonds is 1. The summed E-state index contributed by atoms with van der Waals surface area (Å²) in [5, 5.41) is 21.8. The van der Waals surface area contributed by atoms with Crippen molar-refractivity contribution in [2.24, 2.45) is 4.99 Å². The molecule has 0 atom stereocenters. The van der Waals surface area contributed by atoms with Gasteiger partial charge in [0.15, 0.2) is 16.7 Å². The molecular weight excluding hydrogens is 260 g/mol. The second-order valence-corrected chi connectivity index (χ2v) is 4.48. The average Bonchev–Trinajstić information content (AvgIpc) is 2.83. The van der Waals surface area contributed by atoms with Crippen molar-refractivity contribution >= 4 is 22.6 Å². The molecule has 17 heavy (non-hydrogen) atoms. The summed E-state index contributed by atoms with van der Waals surface area (Å²) in [4.78, 5) is 6.48. The minimum Gasteiger partial charge on any atom is -1.00 e. The van der Waals surface area contributed by atoms with Crippen LogP contribution in [0.25, 0.3) is 5.70 Å². The molecule has 90 valence electrons. The lowest BCUT2D eigenvalue weighted by Gasteiger charge is -2.16. The van der Waals surface area contributed by atoms with E-state index in [2.05, 4.69) is 9.89 Å². The van der Waals surface area contributed by atoms with Crippen LogP contribution >= 0.6 is 11.8 Å². The van der Waals surface area contributed by atoms with Crippen LogP contribution in [-0.4, -0.2) is 33.4 Å². The fourth-order valence-corrected chi connectivity index (χ4v) is 2.79. The van der Waals surface area contributed by atoms with E-state index in [1.807, 2.05) is 5.41 Å². The van der Waals surface area contributed by atoms with Crippen molar-refractivity contribution in [3.8, 4) is 11.5 Å². The minimum atomic E-state index is -0.0923. The maximum Gasteiger partial charge on any atom is 0.168 e. The van der Waals surface area contributed by atoms with Crippen LogP contribution in [0.2, 0.25) is 0 Å². The fraction of sp³-hybridized carbons (Fsp3) is 0.182. The van der Waals surface area contributed by atoms with Crippen molar-refractivity contribution in [3.05, 3.63) is 29.2 Å². The highest BCUT2D eigenvalue weighted by atomic mass is 35.5. The molecule has 2 aliphatic heterocycles. The zero-order chi connectivity index (χ0) is 11.1. The molecule has 0 saturated heterocycles. The van der Waals surface area contributed by atoms with Crippen LogP contribution in [0.4, 0.5) is 0 Å². The summed E-state index contributed by atoms with van der Waals surface area (Å²) < 4.78 is 0. The highest BCUT2D eigenvalue weighted by molar-refractivity contribution is 8.16. The van der Waals surface area contributed by atoms with Crippen molar-refractivity contribution in [3.63, 3.8) is 0 Å². The third-order valence-electron chi connectivity index (χ3n) is 2.64. The van der Waals surface area contributed by atoms with E-state index in [1.54, 1.807) is 23.9 Å². The highest BCUT2D eigenvalue weighted by Crippen LogP contribution is 2.37. The third kappa shape index (κ3) is 1.96. The maximum absolute atomic E-state index is 9.47. The molecule has 0 aromatic heterocycles. The molecule has 4 nitrogen and oxygen atoms in total. The summed E-state index contributed by atoms with van der Waals surface area (Å²) >= 11 is 1.60. The van der Waals surface area contributed by atoms with Gasteiger partial charge in [0.1, 0.15) is 0 Å². The van der Waals surface area contributed by atoms with Crippen molar-refractivity contribution in [2.45, 2.75) is 0 Å². The summed E-state index contributed by atoms with van der Waals surface area (Å²) in [6.07, 6.45) is 0. The normalized spacial score (nSPS) is 17.3. The van der Waals surface area contributed by atoms with E-state index in [1.165, 1.54) is 6.07 Å². The molecule has 0 fully saturated rings. The topological polar surface area (TPSA) is 56.1 Å². The van der Waals surface area contributed by atoms with Gasteiger partial charge in [0, 0.05) is 17.5 Å². The van der Waals surface area contributed by atoms with Gasteiger partial charge in [-0.05, 0) is 18.2 Å². The molecule has 3 rings (SSSR count). The molecule has 2 aliphatic rings. The third-order valence-corrected chi connectivity index (χ3v) is 3.54. The van der Waals surface area contributed by atoms with Crippen LogP contribution < -0.4 is 12.4 Å². The van der Waals surface area contributed by atoms with Crippen molar-refractivity contribution < 1.29 is 22.6 Å². The molecule has 0 saturated carbocycles. The van der Waals surface area contributed by atoms with Crippen LogP contribution in [0.5, 0.6) is 11.5 Å². The Morgan fingerprint density at radius 1 is 1.24 bits per heavy atom. The Kier molecular flexibility index (Phi) is 3.22. The summed E-state index contributed by atoms with van der Waals surface area (Å²) in [6.45, 7) is 1.71. The molecule has 0 spiro atoms. The van der Waals surface area contributed by atoms with Gasteiger partial charge in [-0.2, -0.15) is 0 Å². The molecule has 0 amide bonds. The SMILES string of the molecule is Oc1ccc(C2=CSC3=NCCN23)cc1O.[Cl-]. The van der Waals surface area contributed by atoms with E-state index >= 15 is 0 Å². The van der Waals surface area contributed by atoms with Gasteiger partial charge in [-0.3, -0.25) is 4.99 Å². The second-order valence-electron chi connectivity index (χ2n) is 3.64. The number of nitrogens with zero attached hydrogens (tertiary/aromatic N) is 2. The number of fused-ring (bicyclic) bond motifs is 1. The average molecular weight is 270 g/mol. The van der Waals surface area contributed by atoms with E-state index in [-0.39, 0.29) is 23.9 Å². The number of amidine groups is 1. The standard InChI is InChI=1S/C11H10N2O2S.ClH/c14-9-2-1-7(5-10(9)15)8-6-16-11-12-3-4-13(8)11;/h1-2,5-6,14-15H,3-4H2;1H/p-1. The van der Waals surface area contributed by atoms with Crippen LogP contribution in [0.3, 0.4) is 0 Å². The Morgan fingerprint density at radius 2 is 2.06 bits per heavy atom. The van der Waals surface area contributed by atoms with Gasteiger partial charge in [0.05, 0.1) is 12.2 Å². The van der Waals surface area contributed by atoms with Gasteiger partial charge in [-0.25, -0.2) is 0 Å². The minimum absolute atomic E-state index is 0. The molecule has 0 radical (unpaired) electrons. The first-order valence-electron chi connectivity index (χ1n) is 4.97. The highest BCUT2D eigenvalue weighted by Gasteiger charge is 2.27. The van der Waals surface area contributed by atoms with Crippen LogP contribution in [-0.2, 0) is 0 Å². The van der Waals surface area contributed by atoms with Gasteiger partial charge in [-0.15, -0.1) is 0 Å². The van der Waals surface area contributed by atoms with Gasteiger partial charge in [0.2, 0.25) is 0 Å². The van der Waals surface area contributed by atoms with E-state index in [0.717, 1.165) is 29.5 Å². The number of hydrogen-bond donors (Lipinski definition) is 2. The number of thioether (sulfide) groups is 1. The van der Waals surface area contributed by atoms with Crippen LogP contribution in [0.1, 0.15) is 5.56 Å². The Labute approximate surface area is 109 Å². The summed E-state index contributed by atoms with van der Waals surface area (Å²) in [5.41, 5.74) is 1.94. The number of hydrogen-bond acceptors (Lipinski definition) is 5. The Bertz CT molecular complexity index is 516. The fourth-order valence-electron chi connectivity index (χ4n) is 1.83. The predicted octanol–water partition coefficient (Wildman–Crippen LogP) is -1.18. The number of benzene rings is 1. The number of aliphatic imine (C=N–C) groups is 1. The summed E-state index contributed by atoms with van der Waals surface area (Å²) in [6, 6.07) is 4.87. The van der Waals surface area contributed by atoms with Crippen molar-refractivity contribution in [1.29, 1.82) is 0 Å². The second kappa shape index (κ2) is 4.50. The molecule has 2 heterocycles. The molecule has 1 aromatic rings. The molecular formula is C11H10ClN2O2S-. The van der Waals surface area contributed by atoms with E-state index < -0.39 is 0 Å². The Balaban J connectivity index is 0.00000108. The number of phenolic OH excluding ortho intramolecular Hbond substituents is 2. The van der Waals surface area contributed by atoms with Gasteiger partial charge < -0.3 is 27.5 Å². The predicted molar refractivity (Wildman–Crippen MR) is 64.3 cm³/mol. The molecule has 1 aromatic carbocycles. The van der Waals surface area contributed by atoms with Gasteiger partial charge >= 0.3 is 0 Å². The Morgan fingerprint density at radius 3 is 2.82 bits per heavy atom. The molecule has 0 aliphatic carbocycles. The zero-order valence-electron chi connectivity index (χ0n) is 8.80. The van der Waals surface area contributed by atoms with Gasteiger partial charge in [-0.1, -0.05) is 11.8 Å². The first-order chi connectivity index (χ1) is 7.75. The molecule has 0 unspecified atom stereocenters. The first kappa shape index (κ1) is 12.1. The molecule has 2 N–H and O–H groups in total.